The number of aromatic nitrogens is 6. The van der Waals surface area contributed by atoms with Crippen molar-refractivity contribution in [3.8, 4) is 11.6 Å². The van der Waals surface area contributed by atoms with Gasteiger partial charge in [0.05, 0.1) is 9.99 Å². The molecule has 136 valence electrons. The van der Waals surface area contributed by atoms with E-state index < -0.39 is 0 Å². The van der Waals surface area contributed by atoms with Gasteiger partial charge in [-0.15, -0.1) is 5.10 Å². The number of hydrogen-bond donors (Lipinski definition) is 0. The van der Waals surface area contributed by atoms with Crippen molar-refractivity contribution < 1.29 is 4.74 Å². The van der Waals surface area contributed by atoms with E-state index >= 15 is 0 Å². The van der Waals surface area contributed by atoms with Gasteiger partial charge in [0.1, 0.15) is 17.9 Å². The first-order valence-electron chi connectivity index (χ1n) is 8.87. The highest BCUT2D eigenvalue weighted by Crippen LogP contribution is 2.35. The molecule has 0 amide bonds. The highest BCUT2D eigenvalue weighted by molar-refractivity contribution is 9.10. The molecular formula is C19H17BrN6O. The topological polar surface area (TPSA) is 70.7 Å². The first kappa shape index (κ1) is 16.4. The number of hydrogen-bond acceptors (Lipinski definition) is 5. The van der Waals surface area contributed by atoms with Crippen LogP contribution in [0.2, 0.25) is 0 Å². The van der Waals surface area contributed by atoms with Crippen LogP contribution in [0.15, 0.2) is 53.4 Å². The molecule has 7 nitrogen and oxygen atoms in total. The molecule has 1 aliphatic carbocycles. The number of halogens is 1. The summed E-state index contributed by atoms with van der Waals surface area (Å²) in [5.74, 6) is 2.28. The van der Waals surface area contributed by atoms with Gasteiger partial charge >= 0.3 is 0 Å². The predicted octanol–water partition coefficient (Wildman–Crippen LogP) is 3.76. The molecule has 1 fully saturated rings. The van der Waals surface area contributed by atoms with E-state index in [1.165, 1.54) is 12.8 Å². The SMILES string of the molecule is Brc1c(OCc2ccc(-n3cccn3)nc2)ccc2c1nnn2CC1CC1. The third-order valence-corrected chi connectivity index (χ3v) is 5.43. The fourth-order valence-corrected chi connectivity index (χ4v) is 3.51. The van der Waals surface area contributed by atoms with Gasteiger partial charge in [-0.1, -0.05) is 11.3 Å². The van der Waals surface area contributed by atoms with Gasteiger partial charge in [0.25, 0.3) is 0 Å². The van der Waals surface area contributed by atoms with Crippen molar-refractivity contribution in [1.82, 2.24) is 29.8 Å². The lowest BCUT2D eigenvalue weighted by Crippen LogP contribution is -2.02. The summed E-state index contributed by atoms with van der Waals surface area (Å²) < 4.78 is 10.5. The van der Waals surface area contributed by atoms with Crippen molar-refractivity contribution in [3.63, 3.8) is 0 Å². The molecule has 0 N–H and O–H groups in total. The third kappa shape index (κ3) is 3.32. The number of benzene rings is 1. The van der Waals surface area contributed by atoms with E-state index in [9.17, 15) is 0 Å². The molecule has 5 rings (SSSR count). The zero-order chi connectivity index (χ0) is 18.2. The quantitative estimate of drug-likeness (QED) is 0.471. The maximum Gasteiger partial charge on any atom is 0.153 e. The van der Waals surface area contributed by atoms with Gasteiger partial charge in [-0.05, 0) is 59.0 Å². The van der Waals surface area contributed by atoms with Gasteiger partial charge < -0.3 is 4.74 Å². The Morgan fingerprint density at radius 1 is 1.19 bits per heavy atom. The Kier molecular flexibility index (Phi) is 4.12. The number of nitrogens with zero attached hydrogens (tertiary/aromatic N) is 6. The van der Waals surface area contributed by atoms with Crippen molar-refractivity contribution in [2.45, 2.75) is 26.0 Å². The molecule has 0 radical (unpaired) electrons. The Bertz CT molecular complexity index is 1070. The maximum atomic E-state index is 5.98. The summed E-state index contributed by atoms with van der Waals surface area (Å²) in [6.07, 6.45) is 7.97. The molecule has 0 saturated heterocycles. The zero-order valence-electron chi connectivity index (χ0n) is 14.5. The standard InChI is InChI=1S/C19H17BrN6O/c20-18-16(6-5-15-19(18)23-24-26(15)11-13-2-3-13)27-12-14-4-7-17(21-10-14)25-9-1-8-22-25/h1,4-10,13H,2-3,11-12H2. The highest BCUT2D eigenvalue weighted by Gasteiger charge is 2.23. The van der Waals surface area contributed by atoms with Crippen molar-refractivity contribution in [1.29, 1.82) is 0 Å². The second kappa shape index (κ2) is 6.77. The van der Waals surface area contributed by atoms with Crippen LogP contribution in [0.4, 0.5) is 0 Å². The van der Waals surface area contributed by atoms with E-state index in [0.29, 0.717) is 6.61 Å². The highest BCUT2D eigenvalue weighted by atomic mass is 79.9. The third-order valence-electron chi connectivity index (χ3n) is 4.66. The van der Waals surface area contributed by atoms with Crippen LogP contribution >= 0.6 is 15.9 Å². The van der Waals surface area contributed by atoms with Crippen LogP contribution in [-0.4, -0.2) is 29.8 Å². The molecule has 1 aromatic carbocycles. The smallest absolute Gasteiger partial charge is 0.153 e. The molecule has 0 spiro atoms. The van der Waals surface area contributed by atoms with Gasteiger partial charge in [0, 0.05) is 30.7 Å². The molecular weight excluding hydrogens is 408 g/mol. The van der Waals surface area contributed by atoms with Crippen molar-refractivity contribution >= 4 is 27.0 Å². The van der Waals surface area contributed by atoms with Crippen LogP contribution < -0.4 is 4.74 Å². The largest absolute Gasteiger partial charge is 0.488 e. The second-order valence-corrected chi connectivity index (χ2v) is 7.52. The van der Waals surface area contributed by atoms with Crippen molar-refractivity contribution in [2.24, 2.45) is 5.92 Å². The van der Waals surface area contributed by atoms with Gasteiger partial charge in [0.2, 0.25) is 0 Å². The Balaban J connectivity index is 1.31. The van der Waals surface area contributed by atoms with Crippen molar-refractivity contribution in [2.75, 3.05) is 0 Å². The molecule has 0 atom stereocenters. The predicted molar refractivity (Wildman–Crippen MR) is 104 cm³/mol. The molecule has 27 heavy (non-hydrogen) atoms. The number of fused-ring (bicyclic) bond motifs is 1. The van der Waals surface area contributed by atoms with E-state index in [-0.39, 0.29) is 0 Å². The Morgan fingerprint density at radius 3 is 2.85 bits per heavy atom. The summed E-state index contributed by atoms with van der Waals surface area (Å²) in [5.41, 5.74) is 2.85. The van der Waals surface area contributed by atoms with Gasteiger partial charge in [0.15, 0.2) is 5.82 Å². The van der Waals surface area contributed by atoms with E-state index in [4.69, 9.17) is 4.74 Å². The van der Waals surface area contributed by atoms with Gasteiger partial charge in [-0.3, -0.25) is 0 Å². The summed E-state index contributed by atoms with van der Waals surface area (Å²) in [4.78, 5) is 4.43. The first-order valence-corrected chi connectivity index (χ1v) is 9.67. The summed E-state index contributed by atoms with van der Waals surface area (Å²) in [6.45, 7) is 1.37. The van der Waals surface area contributed by atoms with E-state index in [1.54, 1.807) is 17.1 Å². The van der Waals surface area contributed by atoms with Crippen molar-refractivity contribution in [3.05, 3.63) is 59.0 Å². The molecule has 3 aromatic heterocycles. The molecule has 1 saturated carbocycles. The minimum atomic E-state index is 0.423. The maximum absolute atomic E-state index is 5.98. The van der Waals surface area contributed by atoms with Crippen LogP contribution in [0.25, 0.3) is 16.9 Å². The zero-order valence-corrected chi connectivity index (χ0v) is 16.1. The Hall–Kier alpha value is -2.74. The number of rotatable bonds is 6. The minimum absolute atomic E-state index is 0.423. The first-order chi connectivity index (χ1) is 13.3. The van der Waals surface area contributed by atoms with Crippen LogP contribution in [-0.2, 0) is 13.2 Å². The summed E-state index contributed by atoms with van der Waals surface area (Å²) in [7, 11) is 0. The second-order valence-electron chi connectivity index (χ2n) is 6.72. The monoisotopic (exact) mass is 424 g/mol. The average Bonchev–Trinajstić information content (AvgIpc) is 3.17. The van der Waals surface area contributed by atoms with Gasteiger partial charge in [-0.2, -0.15) is 5.10 Å². The van der Waals surface area contributed by atoms with Crippen LogP contribution in [0.1, 0.15) is 18.4 Å². The summed E-state index contributed by atoms with van der Waals surface area (Å²) >= 11 is 3.62. The molecule has 0 unspecified atom stereocenters. The van der Waals surface area contributed by atoms with Crippen LogP contribution in [0.3, 0.4) is 0 Å². The van der Waals surface area contributed by atoms with Crippen LogP contribution in [0.5, 0.6) is 5.75 Å². The Morgan fingerprint density at radius 2 is 2.11 bits per heavy atom. The molecule has 4 aromatic rings. The van der Waals surface area contributed by atoms with E-state index in [1.807, 2.05) is 41.2 Å². The number of ether oxygens (including phenoxy) is 1. The average molecular weight is 425 g/mol. The minimum Gasteiger partial charge on any atom is -0.488 e. The molecule has 3 heterocycles. The lowest BCUT2D eigenvalue weighted by molar-refractivity contribution is 0.304. The van der Waals surface area contributed by atoms with E-state index in [0.717, 1.165) is 45.1 Å². The van der Waals surface area contributed by atoms with Gasteiger partial charge in [-0.25, -0.2) is 14.3 Å². The number of pyridine rings is 1. The lowest BCUT2D eigenvalue weighted by Gasteiger charge is -2.09. The van der Waals surface area contributed by atoms with Crippen LogP contribution in [0, 0.1) is 5.92 Å². The molecule has 1 aliphatic rings. The molecule has 0 aliphatic heterocycles. The summed E-state index contributed by atoms with van der Waals surface area (Å²) in [5, 5.41) is 12.8. The normalized spacial score (nSPS) is 14.0. The lowest BCUT2D eigenvalue weighted by atomic mass is 10.2. The fourth-order valence-electron chi connectivity index (χ4n) is 2.98. The molecule has 8 heteroatoms. The molecule has 0 bridgehead atoms. The fraction of sp³-hybridized carbons (Fsp3) is 0.263. The van der Waals surface area contributed by atoms with E-state index in [2.05, 4.69) is 36.3 Å². The summed E-state index contributed by atoms with van der Waals surface area (Å²) in [6, 6.07) is 9.77. The Labute approximate surface area is 164 Å².